The molecule has 2 heteroatoms. The summed E-state index contributed by atoms with van der Waals surface area (Å²) in [6.45, 7) is 0. The van der Waals surface area contributed by atoms with Crippen LogP contribution >= 0.6 is 0 Å². The normalized spacial score (nSPS) is 14.2. The van der Waals surface area contributed by atoms with Crippen LogP contribution in [0.1, 0.15) is 22.3 Å². The van der Waals surface area contributed by atoms with Crippen LogP contribution in [-0.4, -0.2) is 9.13 Å². The zero-order valence-electron chi connectivity index (χ0n) is 44.1. The fourth-order valence-corrected chi connectivity index (χ4v) is 15.3. The summed E-state index contributed by atoms with van der Waals surface area (Å²) in [5, 5.41) is 12.4. The van der Waals surface area contributed by atoms with E-state index in [9.17, 15) is 0 Å². The second-order valence-electron chi connectivity index (χ2n) is 22.1. The maximum Gasteiger partial charge on any atom is 0.0725 e. The van der Waals surface area contributed by atoms with E-state index in [1.54, 1.807) is 0 Å². The molecule has 374 valence electrons. The molecule has 0 saturated carbocycles. The first-order chi connectivity index (χ1) is 40.3. The summed E-state index contributed by atoms with van der Waals surface area (Å²) in [4.78, 5) is 0. The Morgan fingerprint density at radius 3 is 1.20 bits per heavy atom. The highest BCUT2D eigenvalue weighted by Gasteiger charge is 2.52. The second kappa shape index (κ2) is 16.7. The number of para-hydroxylation sites is 4. The van der Waals surface area contributed by atoms with Gasteiger partial charge >= 0.3 is 0 Å². The van der Waals surface area contributed by atoms with E-state index < -0.39 is 5.41 Å². The molecule has 0 saturated heterocycles. The van der Waals surface area contributed by atoms with Crippen molar-refractivity contribution in [2.75, 3.05) is 0 Å². The molecule has 0 aliphatic heterocycles. The predicted octanol–water partition coefficient (Wildman–Crippen LogP) is 20.7. The van der Waals surface area contributed by atoms with Gasteiger partial charge < -0.3 is 9.13 Å². The molecule has 1 unspecified atom stereocenters. The molecular weight excluding hydrogens is 977 g/mol. The van der Waals surface area contributed by atoms with Gasteiger partial charge in [0.05, 0.1) is 27.5 Å². The van der Waals surface area contributed by atoms with Gasteiger partial charge in [0.2, 0.25) is 0 Å². The lowest BCUT2D eigenvalue weighted by molar-refractivity contribution is 0.794. The van der Waals surface area contributed by atoms with E-state index in [4.69, 9.17) is 0 Å². The number of rotatable bonds is 5. The van der Waals surface area contributed by atoms with Gasteiger partial charge in [-0.05, 0) is 165 Å². The number of nitrogens with zero attached hydrogens (tertiary/aromatic N) is 2. The Balaban J connectivity index is 0.985. The Hall–Kier alpha value is -10.5. The van der Waals surface area contributed by atoms with Crippen LogP contribution in [-0.2, 0) is 5.41 Å². The van der Waals surface area contributed by atoms with Gasteiger partial charge in [-0.2, -0.15) is 0 Å². The molecule has 81 heavy (non-hydrogen) atoms. The molecule has 2 nitrogen and oxygen atoms in total. The number of benzene rings is 14. The van der Waals surface area contributed by atoms with Crippen LogP contribution in [0.25, 0.3) is 143 Å². The second-order valence-corrected chi connectivity index (χ2v) is 22.1. The summed E-state index contributed by atoms with van der Waals surface area (Å²) in [6.07, 6.45) is 0. The average molecular weight is 1030 g/mol. The smallest absolute Gasteiger partial charge is 0.0725 e. The minimum absolute atomic E-state index is 0.528. The van der Waals surface area contributed by atoms with Crippen LogP contribution in [0.2, 0.25) is 0 Å². The Morgan fingerprint density at radius 1 is 0.210 bits per heavy atom. The third-order valence-electron chi connectivity index (χ3n) is 18.3. The first-order valence-corrected chi connectivity index (χ1v) is 28.3. The van der Waals surface area contributed by atoms with Crippen molar-refractivity contribution >= 4 is 75.9 Å². The molecular formula is C79H48N2. The largest absolute Gasteiger partial charge is 0.309 e. The van der Waals surface area contributed by atoms with Crippen LogP contribution in [0.4, 0.5) is 0 Å². The van der Waals surface area contributed by atoms with Crippen molar-refractivity contribution in [2.24, 2.45) is 0 Å². The monoisotopic (exact) mass is 1020 g/mol. The minimum atomic E-state index is -0.528. The van der Waals surface area contributed by atoms with Crippen molar-refractivity contribution in [3.8, 4) is 67.0 Å². The van der Waals surface area contributed by atoms with E-state index in [0.29, 0.717) is 0 Å². The highest BCUT2D eigenvalue weighted by Crippen LogP contribution is 2.65. The molecule has 2 aliphatic rings. The van der Waals surface area contributed by atoms with E-state index in [-0.39, 0.29) is 0 Å². The van der Waals surface area contributed by atoms with E-state index in [1.807, 2.05) is 0 Å². The zero-order valence-corrected chi connectivity index (χ0v) is 44.1. The molecule has 0 amide bonds. The summed E-state index contributed by atoms with van der Waals surface area (Å²) >= 11 is 0. The minimum Gasteiger partial charge on any atom is -0.309 e. The highest BCUT2D eigenvalue weighted by molar-refractivity contribution is 6.26. The van der Waals surface area contributed by atoms with E-state index in [1.165, 1.54) is 154 Å². The van der Waals surface area contributed by atoms with Gasteiger partial charge in [0.25, 0.3) is 0 Å². The van der Waals surface area contributed by atoms with Crippen molar-refractivity contribution in [3.63, 3.8) is 0 Å². The lowest BCUT2D eigenvalue weighted by atomic mass is 9.70. The zero-order chi connectivity index (χ0) is 52.9. The van der Waals surface area contributed by atoms with Crippen molar-refractivity contribution in [3.05, 3.63) is 313 Å². The molecule has 2 aliphatic carbocycles. The topological polar surface area (TPSA) is 9.86 Å². The standard InChI is InChI=1S/C79H48N2/c1-3-23-50(24-4-1)80-70-42-15-11-30-61(70)77-55(36-20-44-72(77)80)53-32-17-34-57-64(53)48-65-54(56-37-21-45-73-78(56)62-31-12-16-43-71(62)81(73)51-25-5-2-6-26-51)33-18-35-58(65)74(57)63-38-19-41-68-76(63)60-29-10-14-40-67(60)79(68)66-39-13-9-28-59(66)75-52-27-8-7-22-49(52)46-47-69(75)79/h1-48H. The third kappa shape index (κ3) is 5.90. The predicted molar refractivity (Wildman–Crippen MR) is 340 cm³/mol. The van der Waals surface area contributed by atoms with Crippen LogP contribution in [0.3, 0.4) is 0 Å². The Kier molecular flexibility index (Phi) is 9.18. The van der Waals surface area contributed by atoms with Crippen molar-refractivity contribution in [2.45, 2.75) is 5.41 Å². The molecule has 0 N–H and O–H groups in total. The lowest BCUT2D eigenvalue weighted by Crippen LogP contribution is -2.25. The molecule has 18 rings (SSSR count). The summed E-state index contributed by atoms with van der Waals surface area (Å²) in [5.41, 5.74) is 24.5. The van der Waals surface area contributed by atoms with Crippen LogP contribution < -0.4 is 0 Å². The number of hydrogen-bond donors (Lipinski definition) is 0. The SMILES string of the molecule is c1ccc(-n2c3ccccc3c3c(-c4cccc5c(-c6cccc7c6-c6ccccc6C76c7ccccc7-c7c6ccc6ccccc76)c6cccc(-c7cccc8c7c7ccccc7n8-c7ccccc7)c6cc45)cccc32)cc1. The summed E-state index contributed by atoms with van der Waals surface area (Å²) in [5.74, 6) is 0. The number of fused-ring (bicyclic) bond motifs is 20. The Labute approximate surface area is 468 Å². The maximum absolute atomic E-state index is 2.54. The maximum atomic E-state index is 2.54. The van der Waals surface area contributed by atoms with Gasteiger partial charge in [-0.15, -0.1) is 0 Å². The van der Waals surface area contributed by atoms with E-state index in [2.05, 4.69) is 300 Å². The molecule has 2 aromatic heterocycles. The fourth-order valence-electron chi connectivity index (χ4n) is 15.3. The quantitative estimate of drug-likeness (QED) is 0.152. The van der Waals surface area contributed by atoms with Gasteiger partial charge in [0.15, 0.2) is 0 Å². The summed E-state index contributed by atoms with van der Waals surface area (Å²) in [7, 11) is 0. The van der Waals surface area contributed by atoms with Gasteiger partial charge in [0, 0.05) is 32.9 Å². The van der Waals surface area contributed by atoms with E-state index in [0.717, 1.165) is 11.4 Å². The van der Waals surface area contributed by atoms with Crippen LogP contribution in [0.5, 0.6) is 0 Å². The number of aromatic nitrogens is 2. The van der Waals surface area contributed by atoms with Crippen molar-refractivity contribution in [1.82, 2.24) is 9.13 Å². The third-order valence-corrected chi connectivity index (χ3v) is 18.3. The Bertz CT molecular complexity index is 5130. The van der Waals surface area contributed by atoms with E-state index >= 15 is 0 Å². The molecule has 1 spiro atoms. The van der Waals surface area contributed by atoms with Crippen LogP contribution in [0.15, 0.2) is 291 Å². The van der Waals surface area contributed by atoms with Crippen LogP contribution in [0, 0.1) is 0 Å². The first kappa shape index (κ1) is 44.4. The van der Waals surface area contributed by atoms with Gasteiger partial charge in [-0.25, -0.2) is 0 Å². The van der Waals surface area contributed by atoms with Crippen molar-refractivity contribution in [1.29, 1.82) is 0 Å². The highest BCUT2D eigenvalue weighted by atomic mass is 15.0. The lowest BCUT2D eigenvalue weighted by Gasteiger charge is -2.30. The first-order valence-electron chi connectivity index (χ1n) is 28.3. The molecule has 2 heterocycles. The molecule has 0 fully saturated rings. The van der Waals surface area contributed by atoms with Crippen molar-refractivity contribution < 1.29 is 0 Å². The molecule has 1 atom stereocenters. The molecule has 16 aromatic rings. The fraction of sp³-hybridized carbons (Fsp3) is 0.0127. The van der Waals surface area contributed by atoms with Gasteiger partial charge in [0.1, 0.15) is 0 Å². The summed E-state index contributed by atoms with van der Waals surface area (Å²) in [6, 6.07) is 109. The summed E-state index contributed by atoms with van der Waals surface area (Å²) < 4.78 is 4.88. The Morgan fingerprint density at radius 2 is 0.605 bits per heavy atom. The number of hydrogen-bond acceptors (Lipinski definition) is 0. The molecule has 0 bridgehead atoms. The molecule has 14 aromatic carbocycles. The van der Waals surface area contributed by atoms with Gasteiger partial charge in [-0.1, -0.05) is 237 Å². The van der Waals surface area contributed by atoms with Gasteiger partial charge in [-0.3, -0.25) is 0 Å². The molecule has 0 radical (unpaired) electrons. The average Bonchev–Trinajstić information content (AvgIpc) is 3.31.